The minimum atomic E-state index is 0.453. The fourth-order valence-electron chi connectivity index (χ4n) is 3.65. The van der Waals surface area contributed by atoms with Crippen LogP contribution in [-0.4, -0.2) is 39.1 Å². The Morgan fingerprint density at radius 1 is 1.07 bits per heavy atom. The van der Waals surface area contributed by atoms with E-state index in [0.29, 0.717) is 12.6 Å². The summed E-state index contributed by atoms with van der Waals surface area (Å²) in [6.45, 7) is 7.08. The maximum atomic E-state index is 5.69. The summed E-state index contributed by atoms with van der Waals surface area (Å²) in [5, 5.41) is 1.01. The third kappa shape index (κ3) is 4.55. The van der Waals surface area contributed by atoms with Gasteiger partial charge in [0.15, 0.2) is 0 Å². The molecule has 0 amide bonds. The average Bonchev–Trinajstić information content (AvgIpc) is 3.32. The number of benzene rings is 1. The first kappa shape index (κ1) is 19.4. The minimum absolute atomic E-state index is 0.453. The summed E-state index contributed by atoms with van der Waals surface area (Å²) >= 11 is 3.68. The first-order valence-electron chi connectivity index (χ1n) is 10.2. The average molecular weight is 443 g/mol. The normalized spacial score (nSPS) is 14.8. The molecule has 0 N–H and O–H groups in total. The van der Waals surface area contributed by atoms with Gasteiger partial charge in [-0.05, 0) is 65.5 Å². The van der Waals surface area contributed by atoms with E-state index in [0.717, 1.165) is 41.6 Å². The van der Waals surface area contributed by atoms with Crippen LogP contribution in [0.3, 0.4) is 0 Å². The molecule has 5 nitrogen and oxygen atoms in total. The number of ether oxygens (including phenoxy) is 1. The van der Waals surface area contributed by atoms with Crippen molar-refractivity contribution in [2.75, 3.05) is 19.7 Å². The second kappa shape index (κ2) is 9.05. The van der Waals surface area contributed by atoms with Crippen molar-refractivity contribution in [1.29, 1.82) is 0 Å². The summed E-state index contributed by atoms with van der Waals surface area (Å²) < 4.78 is 8.86. The molecule has 6 heteroatoms. The molecule has 3 aromatic rings. The van der Waals surface area contributed by atoms with Crippen molar-refractivity contribution < 1.29 is 4.74 Å². The monoisotopic (exact) mass is 442 g/mol. The van der Waals surface area contributed by atoms with E-state index in [2.05, 4.69) is 72.6 Å². The smallest absolute Gasteiger partial charge is 0.318 e. The van der Waals surface area contributed by atoms with Crippen LogP contribution < -0.4 is 4.74 Å². The highest BCUT2D eigenvalue weighted by Gasteiger charge is 2.13. The molecule has 1 aliphatic heterocycles. The third-order valence-corrected chi connectivity index (χ3v) is 5.92. The first-order valence-corrected chi connectivity index (χ1v) is 11.0. The van der Waals surface area contributed by atoms with Crippen molar-refractivity contribution in [3.05, 3.63) is 52.3 Å². The molecule has 28 heavy (non-hydrogen) atoms. The van der Waals surface area contributed by atoms with Crippen LogP contribution in [0.1, 0.15) is 43.7 Å². The van der Waals surface area contributed by atoms with E-state index in [1.165, 1.54) is 37.1 Å². The molecular weight excluding hydrogens is 416 g/mol. The zero-order valence-corrected chi connectivity index (χ0v) is 18.0. The quantitative estimate of drug-likeness (QED) is 0.459. The van der Waals surface area contributed by atoms with Crippen molar-refractivity contribution >= 4 is 27.0 Å². The molecule has 1 aromatic carbocycles. The van der Waals surface area contributed by atoms with Gasteiger partial charge in [0.2, 0.25) is 0 Å². The highest BCUT2D eigenvalue weighted by Crippen LogP contribution is 2.25. The summed E-state index contributed by atoms with van der Waals surface area (Å²) in [5.41, 5.74) is 3.54. The van der Waals surface area contributed by atoms with Gasteiger partial charge < -0.3 is 9.30 Å². The summed E-state index contributed by atoms with van der Waals surface area (Å²) in [6, 6.07) is 11.5. The zero-order chi connectivity index (χ0) is 19.3. The Morgan fingerprint density at radius 3 is 2.50 bits per heavy atom. The molecule has 0 aliphatic carbocycles. The lowest BCUT2D eigenvalue weighted by Gasteiger charge is -2.15. The lowest BCUT2D eigenvalue weighted by Crippen LogP contribution is -2.18. The topological polar surface area (TPSA) is 43.2 Å². The Morgan fingerprint density at radius 2 is 1.79 bits per heavy atom. The number of nitrogens with zero attached hydrogens (tertiary/aromatic N) is 4. The molecule has 0 saturated carbocycles. The minimum Gasteiger partial charge on any atom is -0.463 e. The van der Waals surface area contributed by atoms with E-state index in [1.807, 2.05) is 6.20 Å². The van der Waals surface area contributed by atoms with Gasteiger partial charge in [-0.15, -0.1) is 0 Å². The van der Waals surface area contributed by atoms with Crippen molar-refractivity contribution in [2.45, 2.75) is 45.7 Å². The van der Waals surface area contributed by atoms with Gasteiger partial charge in [-0.2, -0.15) is 4.98 Å². The van der Waals surface area contributed by atoms with Gasteiger partial charge in [-0.25, -0.2) is 4.98 Å². The number of likely N-dealkylation sites (tertiary alicyclic amines) is 1. The molecule has 1 aliphatic rings. The number of rotatable bonds is 8. The molecule has 0 unspecified atom stereocenters. The highest BCUT2D eigenvalue weighted by atomic mass is 79.9. The van der Waals surface area contributed by atoms with Gasteiger partial charge >= 0.3 is 6.01 Å². The summed E-state index contributed by atoms with van der Waals surface area (Å²) in [4.78, 5) is 11.5. The molecule has 1 saturated heterocycles. The Kier molecular flexibility index (Phi) is 6.27. The van der Waals surface area contributed by atoms with Crippen LogP contribution in [0.4, 0.5) is 0 Å². The molecule has 0 atom stereocenters. The van der Waals surface area contributed by atoms with Gasteiger partial charge in [-0.1, -0.05) is 37.6 Å². The second-order valence-corrected chi connectivity index (χ2v) is 8.30. The van der Waals surface area contributed by atoms with Crippen molar-refractivity contribution in [3.63, 3.8) is 0 Å². The van der Waals surface area contributed by atoms with E-state index in [1.54, 1.807) is 0 Å². The number of fused-ring (bicyclic) bond motifs is 1. The molecule has 3 heterocycles. The van der Waals surface area contributed by atoms with Gasteiger partial charge in [0.05, 0.1) is 17.8 Å². The van der Waals surface area contributed by atoms with Crippen LogP contribution in [0.5, 0.6) is 6.01 Å². The molecule has 0 radical (unpaired) electrons. The molecule has 0 spiro atoms. The van der Waals surface area contributed by atoms with Gasteiger partial charge in [0.25, 0.3) is 0 Å². The number of unbranched alkanes of at least 4 members (excludes halogenated alkanes) is 1. The fraction of sp³-hybridized carbons (Fsp3) is 0.455. The number of aromatic nitrogens is 3. The second-order valence-electron chi connectivity index (χ2n) is 7.49. The van der Waals surface area contributed by atoms with Crippen LogP contribution in [0.15, 0.2) is 41.1 Å². The molecule has 148 valence electrons. The number of halogens is 1. The summed E-state index contributed by atoms with van der Waals surface area (Å²) in [6.07, 6.45) is 6.61. The molecule has 0 bridgehead atoms. The molecular formula is C22H27BrN4O. The Hall–Kier alpha value is -1.92. The molecule has 4 rings (SSSR count). The van der Waals surface area contributed by atoms with Crippen molar-refractivity contribution in [1.82, 2.24) is 19.4 Å². The third-order valence-electron chi connectivity index (χ3n) is 5.26. The maximum Gasteiger partial charge on any atom is 0.318 e. The van der Waals surface area contributed by atoms with Crippen molar-refractivity contribution in [2.24, 2.45) is 0 Å². The Bertz CT molecular complexity index is 916. The van der Waals surface area contributed by atoms with Gasteiger partial charge in [-0.3, -0.25) is 4.90 Å². The standard InChI is InChI=1S/C22H27BrN4O/c1-2-3-12-28-22-24-14-19-13-20(23)27(21(19)25-22)16-18-8-6-17(7-9-18)15-26-10-4-5-11-26/h6-9,13-14H,2-5,10-12,15-16H2,1H3. The number of hydrogen-bond donors (Lipinski definition) is 0. The van der Waals surface area contributed by atoms with E-state index < -0.39 is 0 Å². The summed E-state index contributed by atoms with van der Waals surface area (Å²) in [7, 11) is 0. The Balaban J connectivity index is 1.49. The summed E-state index contributed by atoms with van der Waals surface area (Å²) in [5.74, 6) is 0. The number of hydrogen-bond acceptors (Lipinski definition) is 4. The predicted molar refractivity (Wildman–Crippen MR) is 116 cm³/mol. The van der Waals surface area contributed by atoms with Crippen LogP contribution >= 0.6 is 15.9 Å². The van der Waals surface area contributed by atoms with E-state index in [4.69, 9.17) is 4.74 Å². The molecule has 2 aromatic heterocycles. The van der Waals surface area contributed by atoms with Gasteiger partial charge in [0, 0.05) is 18.1 Å². The van der Waals surface area contributed by atoms with Gasteiger partial charge in [0.1, 0.15) is 5.65 Å². The van der Waals surface area contributed by atoms with Crippen LogP contribution in [0.25, 0.3) is 11.0 Å². The lowest BCUT2D eigenvalue weighted by atomic mass is 10.1. The Labute approximate surface area is 174 Å². The zero-order valence-electron chi connectivity index (χ0n) is 16.4. The van der Waals surface area contributed by atoms with Crippen LogP contribution in [0, 0.1) is 0 Å². The first-order chi connectivity index (χ1) is 13.7. The van der Waals surface area contributed by atoms with Crippen LogP contribution in [-0.2, 0) is 13.1 Å². The predicted octanol–water partition coefficient (Wildman–Crippen LogP) is 5.02. The highest BCUT2D eigenvalue weighted by molar-refractivity contribution is 9.10. The van der Waals surface area contributed by atoms with Crippen molar-refractivity contribution in [3.8, 4) is 6.01 Å². The van der Waals surface area contributed by atoms with E-state index in [9.17, 15) is 0 Å². The molecule has 1 fully saturated rings. The largest absolute Gasteiger partial charge is 0.463 e. The van der Waals surface area contributed by atoms with E-state index >= 15 is 0 Å². The fourth-order valence-corrected chi connectivity index (χ4v) is 4.19. The SMILES string of the molecule is CCCCOc1ncc2cc(Br)n(Cc3ccc(CN4CCCC4)cc3)c2n1. The van der Waals surface area contributed by atoms with E-state index in [-0.39, 0.29) is 0 Å². The maximum absolute atomic E-state index is 5.69. The van der Waals surface area contributed by atoms with Crippen LogP contribution in [0.2, 0.25) is 0 Å². The lowest BCUT2D eigenvalue weighted by molar-refractivity contribution is 0.286.